The quantitative estimate of drug-likeness (QED) is 0.709. The van der Waals surface area contributed by atoms with Crippen LogP contribution in [0, 0.1) is 6.92 Å². The van der Waals surface area contributed by atoms with Crippen LogP contribution in [0.4, 0.5) is 4.79 Å². The summed E-state index contributed by atoms with van der Waals surface area (Å²) in [6.45, 7) is 7.75. The molecule has 0 unspecified atom stereocenters. The maximum absolute atomic E-state index is 11.7. The van der Waals surface area contributed by atoms with Crippen LogP contribution < -0.4 is 5.32 Å². The largest absolute Gasteiger partial charge is 0.336 e. The highest BCUT2D eigenvalue weighted by Crippen LogP contribution is 2.36. The molecule has 5 rings (SSSR count). The van der Waals surface area contributed by atoms with E-state index in [1.807, 2.05) is 17.3 Å². The van der Waals surface area contributed by atoms with Gasteiger partial charge in [-0.15, -0.1) is 0 Å². The molecule has 3 aromatic rings. The number of amides is 2. The minimum atomic E-state index is 0.0871. The smallest absolute Gasteiger partial charge is 0.317 e. The second-order valence-electron chi connectivity index (χ2n) is 8.52. The highest BCUT2D eigenvalue weighted by Gasteiger charge is 2.25. The Morgan fingerprint density at radius 2 is 1.87 bits per heavy atom. The van der Waals surface area contributed by atoms with Crippen molar-refractivity contribution in [2.75, 3.05) is 39.3 Å². The fourth-order valence-corrected chi connectivity index (χ4v) is 4.86. The first-order chi connectivity index (χ1) is 14.7. The molecule has 156 valence electrons. The molecular formula is C24H29N5O. The number of piperidine rings is 1. The van der Waals surface area contributed by atoms with Gasteiger partial charge in [0.05, 0.1) is 5.52 Å². The number of fused-ring (bicyclic) bond motifs is 1. The molecule has 0 bridgehead atoms. The molecule has 0 spiro atoms. The third-order valence-corrected chi connectivity index (χ3v) is 6.59. The highest BCUT2D eigenvalue weighted by molar-refractivity contribution is 5.87. The standard InChI is InChI=1S/C24H29N5O/c1-18-2-3-21-22(17-29(23(21)16-18)20-4-8-25-9-5-20)19-6-11-27(12-7-19)14-15-28-13-10-26-24(28)30/h2-5,8-9,16-17,19H,6-7,10-15H2,1H3,(H,26,30). The van der Waals surface area contributed by atoms with Gasteiger partial charge < -0.3 is 19.7 Å². The molecular weight excluding hydrogens is 374 g/mol. The third kappa shape index (κ3) is 3.67. The minimum Gasteiger partial charge on any atom is -0.336 e. The highest BCUT2D eigenvalue weighted by atomic mass is 16.2. The summed E-state index contributed by atoms with van der Waals surface area (Å²) < 4.78 is 2.32. The lowest BCUT2D eigenvalue weighted by atomic mass is 9.89. The molecule has 2 fully saturated rings. The van der Waals surface area contributed by atoms with Gasteiger partial charge in [0.15, 0.2) is 0 Å². The van der Waals surface area contributed by atoms with E-state index in [4.69, 9.17) is 0 Å². The van der Waals surface area contributed by atoms with Gasteiger partial charge >= 0.3 is 6.03 Å². The van der Waals surface area contributed by atoms with E-state index in [1.165, 1.54) is 22.0 Å². The number of rotatable bonds is 5. The van der Waals surface area contributed by atoms with E-state index in [1.54, 1.807) is 0 Å². The number of urea groups is 1. The van der Waals surface area contributed by atoms with Gasteiger partial charge in [-0.2, -0.15) is 0 Å². The van der Waals surface area contributed by atoms with Crippen molar-refractivity contribution in [1.82, 2.24) is 24.7 Å². The minimum absolute atomic E-state index is 0.0871. The Kier molecular flexibility index (Phi) is 5.17. The summed E-state index contributed by atoms with van der Waals surface area (Å²) in [6.07, 6.45) is 8.38. The van der Waals surface area contributed by atoms with Gasteiger partial charge in [0.2, 0.25) is 0 Å². The predicted molar refractivity (Wildman–Crippen MR) is 119 cm³/mol. The summed E-state index contributed by atoms with van der Waals surface area (Å²) in [4.78, 5) is 20.4. The number of hydrogen-bond donors (Lipinski definition) is 1. The number of carbonyl (C=O) groups is 1. The number of pyridine rings is 1. The Morgan fingerprint density at radius 3 is 2.60 bits per heavy atom. The van der Waals surface area contributed by atoms with Crippen LogP contribution in [0.25, 0.3) is 16.6 Å². The number of nitrogens with one attached hydrogen (secondary N) is 1. The molecule has 2 aromatic heterocycles. The molecule has 6 heteroatoms. The van der Waals surface area contributed by atoms with Crippen molar-refractivity contribution >= 4 is 16.9 Å². The van der Waals surface area contributed by atoms with E-state index >= 15 is 0 Å². The van der Waals surface area contributed by atoms with Gasteiger partial charge in [0.1, 0.15) is 0 Å². The van der Waals surface area contributed by atoms with Gasteiger partial charge in [0.25, 0.3) is 0 Å². The Bertz CT molecular complexity index is 1040. The van der Waals surface area contributed by atoms with E-state index in [9.17, 15) is 4.79 Å². The normalized spacial score (nSPS) is 18.3. The molecule has 2 aliphatic rings. The second kappa shape index (κ2) is 8.11. The predicted octanol–water partition coefficient (Wildman–Crippen LogP) is 3.54. The molecule has 2 saturated heterocycles. The Labute approximate surface area is 177 Å². The third-order valence-electron chi connectivity index (χ3n) is 6.59. The van der Waals surface area contributed by atoms with Crippen molar-refractivity contribution in [2.24, 2.45) is 0 Å². The van der Waals surface area contributed by atoms with Crippen LogP contribution in [-0.4, -0.2) is 64.7 Å². The van der Waals surface area contributed by atoms with Crippen molar-refractivity contribution in [3.05, 3.63) is 60.0 Å². The summed E-state index contributed by atoms with van der Waals surface area (Å²) in [7, 11) is 0. The maximum Gasteiger partial charge on any atom is 0.317 e. The maximum atomic E-state index is 11.7. The number of carbonyl (C=O) groups excluding carboxylic acids is 1. The second-order valence-corrected chi connectivity index (χ2v) is 8.52. The molecule has 0 aliphatic carbocycles. The first-order valence-electron chi connectivity index (χ1n) is 11.0. The van der Waals surface area contributed by atoms with E-state index in [0.717, 1.165) is 57.8 Å². The van der Waals surface area contributed by atoms with E-state index in [0.29, 0.717) is 5.92 Å². The SMILES string of the molecule is Cc1ccc2c(C3CCN(CCN4CCNC4=O)CC3)cn(-c3ccncc3)c2c1. The van der Waals surface area contributed by atoms with Crippen LogP contribution in [-0.2, 0) is 0 Å². The molecule has 2 amide bonds. The summed E-state index contributed by atoms with van der Waals surface area (Å²) in [5, 5.41) is 4.25. The lowest BCUT2D eigenvalue weighted by Crippen LogP contribution is -2.40. The Hall–Kier alpha value is -2.86. The molecule has 0 radical (unpaired) electrons. The zero-order valence-electron chi connectivity index (χ0n) is 17.6. The first-order valence-corrected chi connectivity index (χ1v) is 11.0. The first kappa shape index (κ1) is 19.1. The lowest BCUT2D eigenvalue weighted by Gasteiger charge is -2.32. The zero-order chi connectivity index (χ0) is 20.5. The van der Waals surface area contributed by atoms with Crippen LogP contribution in [0.15, 0.2) is 48.9 Å². The molecule has 1 aromatic carbocycles. The van der Waals surface area contributed by atoms with Crippen molar-refractivity contribution in [3.8, 4) is 5.69 Å². The average Bonchev–Trinajstić information content (AvgIpc) is 3.36. The van der Waals surface area contributed by atoms with Crippen molar-refractivity contribution in [3.63, 3.8) is 0 Å². The van der Waals surface area contributed by atoms with Gasteiger partial charge in [-0.3, -0.25) is 4.98 Å². The monoisotopic (exact) mass is 403 g/mol. The fraction of sp³-hybridized carbons (Fsp3) is 0.417. The molecule has 2 aliphatic heterocycles. The van der Waals surface area contributed by atoms with E-state index in [-0.39, 0.29) is 6.03 Å². The van der Waals surface area contributed by atoms with Gasteiger partial charge in [-0.05, 0) is 68.1 Å². The van der Waals surface area contributed by atoms with E-state index < -0.39 is 0 Å². The van der Waals surface area contributed by atoms with Crippen molar-refractivity contribution in [1.29, 1.82) is 0 Å². The number of aromatic nitrogens is 2. The molecule has 4 heterocycles. The summed E-state index contributed by atoms with van der Waals surface area (Å²) in [5.41, 5.74) is 5.18. The molecule has 0 saturated carbocycles. The van der Waals surface area contributed by atoms with Gasteiger partial charge in [-0.25, -0.2) is 4.79 Å². The van der Waals surface area contributed by atoms with E-state index in [2.05, 4.69) is 63.2 Å². The Morgan fingerprint density at radius 1 is 1.07 bits per heavy atom. The number of benzene rings is 1. The fourth-order valence-electron chi connectivity index (χ4n) is 4.86. The number of nitrogens with zero attached hydrogens (tertiary/aromatic N) is 4. The topological polar surface area (TPSA) is 53.4 Å². The molecule has 0 atom stereocenters. The van der Waals surface area contributed by atoms with Crippen LogP contribution in [0.5, 0.6) is 0 Å². The van der Waals surface area contributed by atoms with Crippen LogP contribution in [0.3, 0.4) is 0 Å². The summed E-state index contributed by atoms with van der Waals surface area (Å²) >= 11 is 0. The van der Waals surface area contributed by atoms with Crippen LogP contribution in [0.2, 0.25) is 0 Å². The zero-order valence-corrected chi connectivity index (χ0v) is 17.6. The summed E-state index contributed by atoms with van der Waals surface area (Å²) in [6, 6.07) is 11.0. The van der Waals surface area contributed by atoms with Crippen molar-refractivity contribution in [2.45, 2.75) is 25.7 Å². The number of likely N-dealkylation sites (tertiary alicyclic amines) is 1. The average molecular weight is 404 g/mol. The number of hydrogen-bond acceptors (Lipinski definition) is 3. The van der Waals surface area contributed by atoms with Crippen LogP contribution >= 0.6 is 0 Å². The van der Waals surface area contributed by atoms with Crippen LogP contribution in [0.1, 0.15) is 29.9 Å². The van der Waals surface area contributed by atoms with Gasteiger partial charge in [0, 0.05) is 55.8 Å². The van der Waals surface area contributed by atoms with Gasteiger partial charge in [-0.1, -0.05) is 12.1 Å². The molecule has 1 N–H and O–H groups in total. The van der Waals surface area contributed by atoms with Crippen molar-refractivity contribution < 1.29 is 4.79 Å². The lowest BCUT2D eigenvalue weighted by molar-refractivity contribution is 0.181. The number of aryl methyl sites for hydroxylation is 1. The molecule has 30 heavy (non-hydrogen) atoms. The summed E-state index contributed by atoms with van der Waals surface area (Å²) in [5.74, 6) is 0.574. The Balaban J connectivity index is 1.33. The molecule has 6 nitrogen and oxygen atoms in total.